The zero-order chi connectivity index (χ0) is 11.5. The molecule has 2 atom stereocenters. The zero-order valence-corrected chi connectivity index (χ0v) is 10.2. The molecule has 0 heterocycles. The predicted octanol–water partition coefficient (Wildman–Crippen LogP) is 2.34. The molecule has 0 saturated heterocycles. The first kappa shape index (κ1) is 11.6. The molecule has 1 fully saturated rings. The topological polar surface area (TPSA) is 23.5 Å². The van der Waals surface area contributed by atoms with Crippen LogP contribution in [-0.2, 0) is 6.54 Å². The van der Waals surface area contributed by atoms with Crippen molar-refractivity contribution >= 4 is 0 Å². The number of rotatable bonds is 3. The summed E-state index contributed by atoms with van der Waals surface area (Å²) in [6, 6.07) is 8.95. The van der Waals surface area contributed by atoms with E-state index >= 15 is 0 Å². The van der Waals surface area contributed by atoms with Crippen LogP contribution < -0.4 is 0 Å². The molecule has 1 aromatic carbocycles. The van der Waals surface area contributed by atoms with E-state index in [1.807, 2.05) is 0 Å². The maximum atomic E-state index is 9.85. The fourth-order valence-corrected chi connectivity index (χ4v) is 2.65. The van der Waals surface area contributed by atoms with Crippen LogP contribution in [0.2, 0.25) is 0 Å². The number of likely N-dealkylation sites (N-methyl/N-ethyl adjacent to an activating group) is 1. The highest BCUT2D eigenvalue weighted by Crippen LogP contribution is 2.24. The summed E-state index contributed by atoms with van der Waals surface area (Å²) in [6.45, 7) is 3.05. The van der Waals surface area contributed by atoms with Gasteiger partial charge in [-0.15, -0.1) is 0 Å². The lowest BCUT2D eigenvalue weighted by Crippen LogP contribution is -2.36. The third-order valence-corrected chi connectivity index (χ3v) is 3.52. The van der Waals surface area contributed by atoms with E-state index in [9.17, 15) is 5.11 Å². The summed E-state index contributed by atoms with van der Waals surface area (Å²) >= 11 is 0. The second kappa shape index (κ2) is 4.98. The molecular formula is C14H21NO. The average molecular weight is 219 g/mol. The molecule has 88 valence electrons. The molecule has 0 spiro atoms. The number of aliphatic hydroxyl groups excluding tert-OH is 1. The van der Waals surface area contributed by atoms with E-state index in [2.05, 4.69) is 43.1 Å². The summed E-state index contributed by atoms with van der Waals surface area (Å²) in [5, 5.41) is 9.85. The van der Waals surface area contributed by atoms with Gasteiger partial charge < -0.3 is 5.11 Å². The summed E-state index contributed by atoms with van der Waals surface area (Å²) in [5.41, 5.74) is 2.64. The Balaban J connectivity index is 1.99. The Morgan fingerprint density at radius 2 is 2.19 bits per heavy atom. The monoisotopic (exact) mass is 219 g/mol. The van der Waals surface area contributed by atoms with Crippen molar-refractivity contribution in [1.29, 1.82) is 0 Å². The van der Waals surface area contributed by atoms with Gasteiger partial charge in [-0.2, -0.15) is 0 Å². The van der Waals surface area contributed by atoms with E-state index in [4.69, 9.17) is 0 Å². The maximum absolute atomic E-state index is 9.85. The van der Waals surface area contributed by atoms with Gasteiger partial charge >= 0.3 is 0 Å². The highest BCUT2D eigenvalue weighted by Gasteiger charge is 2.28. The molecule has 1 aliphatic carbocycles. The first-order valence-electron chi connectivity index (χ1n) is 6.10. The molecular weight excluding hydrogens is 198 g/mol. The van der Waals surface area contributed by atoms with Crippen molar-refractivity contribution in [2.24, 2.45) is 0 Å². The Hall–Kier alpha value is -0.860. The van der Waals surface area contributed by atoms with E-state index in [1.54, 1.807) is 0 Å². The zero-order valence-electron chi connectivity index (χ0n) is 10.2. The van der Waals surface area contributed by atoms with Gasteiger partial charge in [0.25, 0.3) is 0 Å². The summed E-state index contributed by atoms with van der Waals surface area (Å²) in [6.07, 6.45) is 3.12. The SMILES string of the molecule is Cc1cccc(CN(C)C2CCCC2O)c1. The minimum atomic E-state index is -0.130. The van der Waals surface area contributed by atoms with E-state index in [0.29, 0.717) is 6.04 Å². The predicted molar refractivity (Wildman–Crippen MR) is 66.3 cm³/mol. The molecule has 0 aliphatic heterocycles. The van der Waals surface area contributed by atoms with Crippen molar-refractivity contribution in [2.75, 3.05) is 7.05 Å². The third-order valence-electron chi connectivity index (χ3n) is 3.52. The van der Waals surface area contributed by atoms with Gasteiger partial charge in [0.15, 0.2) is 0 Å². The normalized spacial score (nSPS) is 25.2. The molecule has 1 N–H and O–H groups in total. The first-order chi connectivity index (χ1) is 7.66. The van der Waals surface area contributed by atoms with Crippen molar-refractivity contribution < 1.29 is 5.11 Å². The van der Waals surface area contributed by atoms with Gasteiger partial charge in [-0.1, -0.05) is 29.8 Å². The number of nitrogens with zero attached hydrogens (tertiary/aromatic N) is 1. The van der Waals surface area contributed by atoms with Gasteiger partial charge in [-0.3, -0.25) is 4.90 Å². The fraction of sp³-hybridized carbons (Fsp3) is 0.571. The average Bonchev–Trinajstić information content (AvgIpc) is 2.64. The van der Waals surface area contributed by atoms with E-state index < -0.39 is 0 Å². The molecule has 0 bridgehead atoms. The van der Waals surface area contributed by atoms with Crippen LogP contribution in [0.3, 0.4) is 0 Å². The Morgan fingerprint density at radius 3 is 2.81 bits per heavy atom. The smallest absolute Gasteiger partial charge is 0.0695 e. The van der Waals surface area contributed by atoms with Crippen LogP contribution in [-0.4, -0.2) is 29.2 Å². The number of hydrogen-bond donors (Lipinski definition) is 1. The summed E-state index contributed by atoms with van der Waals surface area (Å²) < 4.78 is 0. The van der Waals surface area contributed by atoms with Crippen molar-refractivity contribution in [2.45, 2.75) is 44.9 Å². The largest absolute Gasteiger partial charge is 0.391 e. The Morgan fingerprint density at radius 1 is 1.38 bits per heavy atom. The van der Waals surface area contributed by atoms with Crippen LogP contribution >= 0.6 is 0 Å². The fourth-order valence-electron chi connectivity index (χ4n) is 2.65. The lowest BCUT2D eigenvalue weighted by atomic mass is 10.1. The van der Waals surface area contributed by atoms with Crippen LogP contribution in [0.4, 0.5) is 0 Å². The van der Waals surface area contributed by atoms with Crippen LogP contribution in [0.1, 0.15) is 30.4 Å². The molecule has 2 unspecified atom stereocenters. The molecule has 2 heteroatoms. The highest BCUT2D eigenvalue weighted by molar-refractivity contribution is 5.22. The van der Waals surface area contributed by atoms with Gasteiger partial charge in [0.05, 0.1) is 6.10 Å². The number of aryl methyl sites for hydroxylation is 1. The summed E-state index contributed by atoms with van der Waals surface area (Å²) in [5.74, 6) is 0. The Kier molecular flexibility index (Phi) is 3.62. The van der Waals surface area contributed by atoms with Crippen molar-refractivity contribution in [1.82, 2.24) is 4.90 Å². The second-order valence-corrected chi connectivity index (χ2v) is 4.97. The van der Waals surface area contributed by atoms with Crippen molar-refractivity contribution in [3.63, 3.8) is 0 Å². The minimum absolute atomic E-state index is 0.130. The second-order valence-electron chi connectivity index (χ2n) is 4.97. The molecule has 2 rings (SSSR count). The first-order valence-corrected chi connectivity index (χ1v) is 6.10. The molecule has 1 saturated carbocycles. The van der Waals surface area contributed by atoms with Crippen LogP contribution in [0.15, 0.2) is 24.3 Å². The Bertz CT molecular complexity index is 350. The van der Waals surface area contributed by atoms with E-state index in [-0.39, 0.29) is 6.10 Å². The van der Waals surface area contributed by atoms with Gasteiger partial charge in [0, 0.05) is 12.6 Å². The van der Waals surface area contributed by atoms with E-state index in [0.717, 1.165) is 25.8 Å². The van der Waals surface area contributed by atoms with Crippen LogP contribution in [0.25, 0.3) is 0 Å². The molecule has 2 nitrogen and oxygen atoms in total. The molecule has 0 radical (unpaired) electrons. The third kappa shape index (κ3) is 2.63. The standard InChI is InChI=1S/C14H21NO/c1-11-5-3-6-12(9-11)10-15(2)13-7-4-8-14(13)16/h3,5-6,9,13-14,16H,4,7-8,10H2,1-2H3. The van der Waals surface area contributed by atoms with E-state index in [1.165, 1.54) is 11.1 Å². The lowest BCUT2D eigenvalue weighted by Gasteiger charge is -2.27. The number of hydrogen-bond acceptors (Lipinski definition) is 2. The molecule has 0 aromatic heterocycles. The lowest BCUT2D eigenvalue weighted by molar-refractivity contribution is 0.0825. The van der Waals surface area contributed by atoms with Gasteiger partial charge in [0.1, 0.15) is 0 Å². The summed E-state index contributed by atoms with van der Waals surface area (Å²) in [4.78, 5) is 2.28. The van der Waals surface area contributed by atoms with Crippen molar-refractivity contribution in [3.8, 4) is 0 Å². The quantitative estimate of drug-likeness (QED) is 0.843. The Labute approximate surface area is 97.9 Å². The van der Waals surface area contributed by atoms with Crippen LogP contribution in [0.5, 0.6) is 0 Å². The van der Waals surface area contributed by atoms with Gasteiger partial charge in [-0.25, -0.2) is 0 Å². The van der Waals surface area contributed by atoms with Crippen LogP contribution in [0, 0.1) is 6.92 Å². The molecule has 16 heavy (non-hydrogen) atoms. The maximum Gasteiger partial charge on any atom is 0.0695 e. The van der Waals surface area contributed by atoms with Gasteiger partial charge in [0.2, 0.25) is 0 Å². The van der Waals surface area contributed by atoms with Gasteiger partial charge in [-0.05, 0) is 38.8 Å². The summed E-state index contributed by atoms with van der Waals surface area (Å²) in [7, 11) is 2.11. The number of benzene rings is 1. The number of aliphatic hydroxyl groups is 1. The van der Waals surface area contributed by atoms with Crippen molar-refractivity contribution in [3.05, 3.63) is 35.4 Å². The molecule has 1 aromatic rings. The minimum Gasteiger partial charge on any atom is -0.391 e. The molecule has 1 aliphatic rings. The highest BCUT2D eigenvalue weighted by atomic mass is 16.3. The molecule has 0 amide bonds.